The van der Waals surface area contributed by atoms with Gasteiger partial charge in [0.05, 0.1) is 18.0 Å². The number of carbonyl (C=O) groups is 1. The molecule has 2 amide bonds. The molecule has 1 heterocycles. The number of aryl methyl sites for hydroxylation is 1. The van der Waals surface area contributed by atoms with Crippen LogP contribution in [0.2, 0.25) is 0 Å². The molecule has 7 heteroatoms. The Morgan fingerprint density at radius 2 is 1.81 bits per heavy atom. The number of hydrogen-bond acceptors (Lipinski definition) is 4. The number of hydrogen-bond donors (Lipinski definition) is 2. The summed E-state index contributed by atoms with van der Waals surface area (Å²) in [7, 11) is 0. The number of rotatable bonds is 7. The van der Waals surface area contributed by atoms with Crippen molar-refractivity contribution in [1.29, 1.82) is 5.26 Å². The molecular formula is C20H19N5O2. The van der Waals surface area contributed by atoms with Crippen LogP contribution in [-0.2, 0) is 6.54 Å². The third-order valence-electron chi connectivity index (χ3n) is 3.77. The van der Waals surface area contributed by atoms with Gasteiger partial charge in [0.25, 0.3) is 0 Å². The quantitative estimate of drug-likeness (QED) is 0.627. The highest BCUT2D eigenvalue weighted by molar-refractivity contribution is 5.89. The number of urea groups is 1. The molecule has 3 aromatic rings. The van der Waals surface area contributed by atoms with Gasteiger partial charge in [-0.25, -0.2) is 9.78 Å². The van der Waals surface area contributed by atoms with Gasteiger partial charge >= 0.3 is 6.03 Å². The van der Waals surface area contributed by atoms with Gasteiger partial charge in [0.1, 0.15) is 11.5 Å². The van der Waals surface area contributed by atoms with Crippen LogP contribution in [0.25, 0.3) is 0 Å². The second kappa shape index (κ2) is 9.06. The maximum absolute atomic E-state index is 11.9. The van der Waals surface area contributed by atoms with E-state index in [0.29, 0.717) is 29.3 Å². The summed E-state index contributed by atoms with van der Waals surface area (Å²) in [6.45, 7) is 1.38. The van der Waals surface area contributed by atoms with Gasteiger partial charge in [-0.3, -0.25) is 0 Å². The normalized spacial score (nSPS) is 10.0. The van der Waals surface area contributed by atoms with Crippen molar-refractivity contribution < 1.29 is 9.53 Å². The Balaban J connectivity index is 1.42. The second-order valence-corrected chi connectivity index (χ2v) is 5.80. The average Bonchev–Trinajstić information content (AvgIpc) is 3.21. The van der Waals surface area contributed by atoms with E-state index in [0.717, 1.165) is 13.0 Å². The van der Waals surface area contributed by atoms with Crippen molar-refractivity contribution in [3.05, 3.63) is 72.8 Å². The molecule has 1 aromatic heterocycles. The highest BCUT2D eigenvalue weighted by atomic mass is 16.5. The number of nitrogens with one attached hydrogen (secondary N) is 2. The summed E-state index contributed by atoms with van der Waals surface area (Å²) in [5, 5.41) is 14.4. The number of anilines is 1. The van der Waals surface area contributed by atoms with Gasteiger partial charge in [0.2, 0.25) is 0 Å². The minimum Gasteiger partial charge on any atom is -0.457 e. The van der Waals surface area contributed by atoms with Crippen LogP contribution in [0.5, 0.6) is 11.5 Å². The Kier molecular flexibility index (Phi) is 6.04. The molecule has 0 atom stereocenters. The molecule has 0 saturated heterocycles. The Labute approximate surface area is 157 Å². The predicted octanol–water partition coefficient (Wildman–Crippen LogP) is 3.76. The van der Waals surface area contributed by atoms with Crippen LogP contribution in [0, 0.1) is 11.3 Å². The van der Waals surface area contributed by atoms with E-state index in [2.05, 4.69) is 21.7 Å². The molecule has 7 nitrogen and oxygen atoms in total. The zero-order valence-corrected chi connectivity index (χ0v) is 14.6. The van der Waals surface area contributed by atoms with Crippen molar-refractivity contribution in [2.24, 2.45) is 0 Å². The fraction of sp³-hybridized carbons (Fsp3) is 0.150. The summed E-state index contributed by atoms with van der Waals surface area (Å²) >= 11 is 0. The third-order valence-corrected chi connectivity index (χ3v) is 3.77. The van der Waals surface area contributed by atoms with Crippen LogP contribution >= 0.6 is 0 Å². The molecule has 0 aliphatic rings. The van der Waals surface area contributed by atoms with E-state index >= 15 is 0 Å². The lowest BCUT2D eigenvalue weighted by atomic mass is 10.2. The SMILES string of the molecule is N#Cc1ccc(Oc2ccc(NC(=O)NCCCn3ccnc3)cc2)cc1. The van der Waals surface area contributed by atoms with E-state index in [-0.39, 0.29) is 6.03 Å². The molecule has 0 aliphatic heterocycles. The van der Waals surface area contributed by atoms with Crippen LogP contribution < -0.4 is 15.4 Å². The van der Waals surface area contributed by atoms with E-state index in [1.807, 2.05) is 10.8 Å². The van der Waals surface area contributed by atoms with E-state index in [1.54, 1.807) is 61.1 Å². The van der Waals surface area contributed by atoms with Gasteiger partial charge in [0, 0.05) is 31.2 Å². The van der Waals surface area contributed by atoms with Crippen LogP contribution in [0.1, 0.15) is 12.0 Å². The Hall–Kier alpha value is -3.79. The topological polar surface area (TPSA) is 92.0 Å². The van der Waals surface area contributed by atoms with Gasteiger partial charge in [0.15, 0.2) is 0 Å². The number of amides is 2. The van der Waals surface area contributed by atoms with Gasteiger partial charge in [-0.2, -0.15) is 5.26 Å². The molecule has 2 aromatic carbocycles. The lowest BCUT2D eigenvalue weighted by Gasteiger charge is -2.09. The van der Waals surface area contributed by atoms with E-state index in [4.69, 9.17) is 10.00 Å². The first-order valence-electron chi connectivity index (χ1n) is 8.51. The van der Waals surface area contributed by atoms with E-state index in [1.165, 1.54) is 0 Å². The van der Waals surface area contributed by atoms with Crippen molar-refractivity contribution in [3.8, 4) is 17.6 Å². The van der Waals surface area contributed by atoms with Crippen LogP contribution in [0.15, 0.2) is 67.3 Å². The molecule has 0 spiro atoms. The maximum Gasteiger partial charge on any atom is 0.319 e. The van der Waals surface area contributed by atoms with Gasteiger partial charge < -0.3 is 19.9 Å². The number of aromatic nitrogens is 2. The molecule has 3 rings (SSSR count). The average molecular weight is 361 g/mol. The largest absolute Gasteiger partial charge is 0.457 e. The zero-order valence-electron chi connectivity index (χ0n) is 14.6. The fourth-order valence-electron chi connectivity index (χ4n) is 2.40. The number of nitrogens with zero attached hydrogens (tertiary/aromatic N) is 3. The first kappa shape index (κ1) is 18.0. The fourth-order valence-corrected chi connectivity index (χ4v) is 2.40. The number of benzene rings is 2. The van der Waals surface area contributed by atoms with E-state index in [9.17, 15) is 4.79 Å². The van der Waals surface area contributed by atoms with E-state index < -0.39 is 0 Å². The summed E-state index contributed by atoms with van der Waals surface area (Å²) in [4.78, 5) is 15.9. The molecule has 136 valence electrons. The zero-order chi connectivity index (χ0) is 18.9. The Bertz CT molecular complexity index is 897. The molecule has 27 heavy (non-hydrogen) atoms. The summed E-state index contributed by atoms with van der Waals surface area (Å²) in [6.07, 6.45) is 6.19. The van der Waals surface area contributed by atoms with Crippen molar-refractivity contribution in [2.75, 3.05) is 11.9 Å². The first-order valence-corrected chi connectivity index (χ1v) is 8.51. The minimum absolute atomic E-state index is 0.249. The molecule has 2 N–H and O–H groups in total. The maximum atomic E-state index is 11.9. The summed E-state index contributed by atoms with van der Waals surface area (Å²) in [6, 6.07) is 15.8. The van der Waals surface area contributed by atoms with Gasteiger partial charge in [-0.15, -0.1) is 0 Å². The van der Waals surface area contributed by atoms with Crippen LogP contribution in [0.3, 0.4) is 0 Å². The number of nitriles is 1. The monoisotopic (exact) mass is 361 g/mol. The lowest BCUT2D eigenvalue weighted by Crippen LogP contribution is -2.29. The second-order valence-electron chi connectivity index (χ2n) is 5.80. The highest BCUT2D eigenvalue weighted by Crippen LogP contribution is 2.23. The third kappa shape index (κ3) is 5.61. The molecule has 0 bridgehead atoms. The number of carbonyl (C=O) groups excluding carboxylic acids is 1. The van der Waals surface area contributed by atoms with Gasteiger partial charge in [-0.1, -0.05) is 0 Å². The summed E-state index contributed by atoms with van der Waals surface area (Å²) in [5.41, 5.74) is 1.26. The van der Waals surface area contributed by atoms with Crippen molar-refractivity contribution in [3.63, 3.8) is 0 Å². The number of ether oxygens (including phenoxy) is 1. The molecule has 0 unspecified atom stereocenters. The van der Waals surface area contributed by atoms with Crippen LogP contribution in [-0.4, -0.2) is 22.1 Å². The molecular weight excluding hydrogens is 342 g/mol. The lowest BCUT2D eigenvalue weighted by molar-refractivity contribution is 0.252. The standard InChI is InChI=1S/C20H19N5O2/c21-14-16-2-6-18(7-3-16)27-19-8-4-17(5-9-19)24-20(26)23-10-1-12-25-13-11-22-15-25/h2-9,11,13,15H,1,10,12H2,(H2,23,24,26). The number of imidazole rings is 1. The molecule has 0 aliphatic carbocycles. The Morgan fingerprint density at radius 3 is 2.44 bits per heavy atom. The van der Waals surface area contributed by atoms with Crippen molar-refractivity contribution >= 4 is 11.7 Å². The van der Waals surface area contributed by atoms with Crippen molar-refractivity contribution in [2.45, 2.75) is 13.0 Å². The predicted molar refractivity (Wildman–Crippen MR) is 102 cm³/mol. The summed E-state index contributed by atoms with van der Waals surface area (Å²) in [5.74, 6) is 1.29. The highest BCUT2D eigenvalue weighted by Gasteiger charge is 2.03. The smallest absolute Gasteiger partial charge is 0.319 e. The van der Waals surface area contributed by atoms with Crippen molar-refractivity contribution in [1.82, 2.24) is 14.9 Å². The Morgan fingerprint density at radius 1 is 1.11 bits per heavy atom. The first-order chi connectivity index (χ1) is 13.2. The minimum atomic E-state index is -0.249. The molecule has 0 saturated carbocycles. The molecule has 0 radical (unpaired) electrons. The molecule has 0 fully saturated rings. The van der Waals surface area contributed by atoms with Gasteiger partial charge in [-0.05, 0) is 55.0 Å². The summed E-state index contributed by atoms with van der Waals surface area (Å²) < 4.78 is 7.67. The van der Waals surface area contributed by atoms with Crippen LogP contribution in [0.4, 0.5) is 10.5 Å².